The van der Waals surface area contributed by atoms with Crippen LogP contribution >= 0.6 is 11.6 Å². The summed E-state index contributed by atoms with van der Waals surface area (Å²) in [7, 11) is 0. The average Bonchev–Trinajstić information content (AvgIpc) is 2.96. The maximum atomic E-state index is 5.78. The van der Waals surface area contributed by atoms with Gasteiger partial charge < -0.3 is 5.32 Å². The molecule has 1 aliphatic rings. The molecule has 82 valence electrons. The van der Waals surface area contributed by atoms with Crippen molar-refractivity contribution in [2.24, 2.45) is 11.3 Å². The Balaban J connectivity index is 1.94. The summed E-state index contributed by atoms with van der Waals surface area (Å²) in [4.78, 5) is 7.97. The maximum Gasteiger partial charge on any atom is 0.134 e. The predicted molar refractivity (Wildman–Crippen MR) is 62.0 cm³/mol. The molecule has 0 aromatic carbocycles. The van der Waals surface area contributed by atoms with Crippen LogP contribution in [0.4, 0.5) is 5.82 Å². The molecule has 3 nitrogen and oxygen atoms in total. The molecule has 0 radical (unpaired) electrons. The largest absolute Gasteiger partial charge is 0.369 e. The molecule has 4 heteroatoms. The van der Waals surface area contributed by atoms with E-state index in [1.807, 2.05) is 0 Å². The van der Waals surface area contributed by atoms with Crippen molar-refractivity contribution >= 4 is 17.4 Å². The van der Waals surface area contributed by atoms with Crippen molar-refractivity contribution < 1.29 is 0 Å². The third-order valence-electron chi connectivity index (χ3n) is 3.37. The van der Waals surface area contributed by atoms with Crippen LogP contribution < -0.4 is 5.32 Å². The highest BCUT2D eigenvalue weighted by molar-refractivity contribution is 6.29. The average molecular weight is 226 g/mol. The second-order valence-electron chi connectivity index (χ2n) is 4.60. The van der Waals surface area contributed by atoms with Crippen molar-refractivity contribution in [1.82, 2.24) is 9.97 Å². The van der Waals surface area contributed by atoms with Crippen LogP contribution in [0.2, 0.25) is 5.15 Å². The SMILES string of the molecule is CC(C)C1(CNc2cc(Cl)ncn2)CC1. The molecule has 1 fully saturated rings. The van der Waals surface area contributed by atoms with Gasteiger partial charge in [-0.1, -0.05) is 25.4 Å². The van der Waals surface area contributed by atoms with Crippen LogP contribution in [0.5, 0.6) is 0 Å². The minimum absolute atomic E-state index is 0.484. The van der Waals surface area contributed by atoms with E-state index in [1.54, 1.807) is 6.07 Å². The Morgan fingerprint density at radius 1 is 1.47 bits per heavy atom. The highest BCUT2D eigenvalue weighted by Gasteiger charge is 2.44. The van der Waals surface area contributed by atoms with Gasteiger partial charge in [0, 0.05) is 12.6 Å². The fourth-order valence-corrected chi connectivity index (χ4v) is 1.96. The smallest absolute Gasteiger partial charge is 0.134 e. The molecule has 0 atom stereocenters. The molecule has 0 unspecified atom stereocenters. The Morgan fingerprint density at radius 2 is 2.20 bits per heavy atom. The van der Waals surface area contributed by atoms with Crippen LogP contribution in [0.1, 0.15) is 26.7 Å². The van der Waals surface area contributed by atoms with Crippen LogP contribution in [-0.2, 0) is 0 Å². The highest BCUT2D eigenvalue weighted by Crippen LogP contribution is 2.51. The molecule has 1 aromatic rings. The molecule has 0 amide bonds. The Hall–Kier alpha value is -0.830. The second kappa shape index (κ2) is 3.97. The normalized spacial score (nSPS) is 17.9. The number of nitrogens with zero attached hydrogens (tertiary/aromatic N) is 2. The Kier molecular flexibility index (Phi) is 2.83. The number of anilines is 1. The van der Waals surface area contributed by atoms with Gasteiger partial charge in [0.2, 0.25) is 0 Å². The van der Waals surface area contributed by atoms with E-state index in [4.69, 9.17) is 11.6 Å². The first-order valence-corrected chi connectivity index (χ1v) is 5.72. The van der Waals surface area contributed by atoms with Gasteiger partial charge in [-0.25, -0.2) is 9.97 Å². The molecule has 1 N–H and O–H groups in total. The summed E-state index contributed by atoms with van der Waals surface area (Å²) < 4.78 is 0. The molecule has 0 aliphatic heterocycles. The molecule has 1 aromatic heterocycles. The van der Waals surface area contributed by atoms with E-state index < -0.39 is 0 Å². The van der Waals surface area contributed by atoms with E-state index in [2.05, 4.69) is 29.1 Å². The lowest BCUT2D eigenvalue weighted by molar-refractivity contribution is 0.380. The van der Waals surface area contributed by atoms with Gasteiger partial charge in [-0.2, -0.15) is 0 Å². The van der Waals surface area contributed by atoms with E-state index >= 15 is 0 Å². The van der Waals surface area contributed by atoms with Crippen molar-refractivity contribution in [3.8, 4) is 0 Å². The van der Waals surface area contributed by atoms with Gasteiger partial charge >= 0.3 is 0 Å². The van der Waals surface area contributed by atoms with Crippen LogP contribution in [-0.4, -0.2) is 16.5 Å². The molecular weight excluding hydrogens is 210 g/mol. The van der Waals surface area contributed by atoms with Gasteiger partial charge in [-0.05, 0) is 24.2 Å². The highest BCUT2D eigenvalue weighted by atomic mass is 35.5. The molecule has 2 rings (SSSR count). The van der Waals surface area contributed by atoms with Crippen LogP contribution in [0.25, 0.3) is 0 Å². The molecule has 1 saturated carbocycles. The summed E-state index contributed by atoms with van der Waals surface area (Å²) in [5.74, 6) is 1.55. The van der Waals surface area contributed by atoms with Crippen molar-refractivity contribution in [2.75, 3.05) is 11.9 Å². The van der Waals surface area contributed by atoms with Crippen molar-refractivity contribution in [1.29, 1.82) is 0 Å². The van der Waals surface area contributed by atoms with Crippen LogP contribution in [0.15, 0.2) is 12.4 Å². The van der Waals surface area contributed by atoms with E-state index in [-0.39, 0.29) is 0 Å². The zero-order chi connectivity index (χ0) is 10.9. The van der Waals surface area contributed by atoms with Gasteiger partial charge in [0.15, 0.2) is 0 Å². The molecule has 0 spiro atoms. The van der Waals surface area contributed by atoms with E-state index in [0.29, 0.717) is 10.6 Å². The number of hydrogen-bond donors (Lipinski definition) is 1. The third kappa shape index (κ3) is 2.40. The Labute approximate surface area is 95.3 Å². The van der Waals surface area contributed by atoms with Crippen LogP contribution in [0.3, 0.4) is 0 Å². The monoisotopic (exact) mass is 225 g/mol. The van der Waals surface area contributed by atoms with Crippen molar-refractivity contribution in [2.45, 2.75) is 26.7 Å². The fraction of sp³-hybridized carbons (Fsp3) is 0.636. The lowest BCUT2D eigenvalue weighted by atomic mass is 9.92. The lowest BCUT2D eigenvalue weighted by Gasteiger charge is -2.20. The van der Waals surface area contributed by atoms with E-state index in [0.717, 1.165) is 18.3 Å². The summed E-state index contributed by atoms with van der Waals surface area (Å²) in [6, 6.07) is 1.76. The fourth-order valence-electron chi connectivity index (χ4n) is 1.82. The Bertz CT molecular complexity index is 347. The van der Waals surface area contributed by atoms with Crippen molar-refractivity contribution in [3.63, 3.8) is 0 Å². The number of aromatic nitrogens is 2. The number of halogens is 1. The summed E-state index contributed by atoms with van der Waals surface area (Å²) in [5.41, 5.74) is 0.484. The zero-order valence-corrected chi connectivity index (χ0v) is 9.88. The molecule has 15 heavy (non-hydrogen) atoms. The molecule has 0 bridgehead atoms. The van der Waals surface area contributed by atoms with Gasteiger partial charge in [0.05, 0.1) is 0 Å². The molecule has 0 saturated heterocycles. The molecule has 1 heterocycles. The maximum absolute atomic E-state index is 5.78. The minimum atomic E-state index is 0.484. The van der Waals surface area contributed by atoms with Gasteiger partial charge in [0.1, 0.15) is 17.3 Å². The lowest BCUT2D eigenvalue weighted by Crippen LogP contribution is -2.21. The number of rotatable bonds is 4. The standard InChI is InChI=1S/C11H16ClN3/c1-8(2)11(3-4-11)6-13-10-5-9(12)14-7-15-10/h5,7-8H,3-4,6H2,1-2H3,(H,13,14,15). The molecular formula is C11H16ClN3. The first-order chi connectivity index (χ1) is 7.12. The second-order valence-corrected chi connectivity index (χ2v) is 4.98. The van der Waals surface area contributed by atoms with Gasteiger partial charge in [-0.3, -0.25) is 0 Å². The quantitative estimate of drug-likeness (QED) is 0.801. The summed E-state index contributed by atoms with van der Waals surface area (Å²) in [6.45, 7) is 5.54. The van der Waals surface area contributed by atoms with E-state index in [1.165, 1.54) is 19.2 Å². The van der Waals surface area contributed by atoms with Crippen molar-refractivity contribution in [3.05, 3.63) is 17.5 Å². The number of nitrogens with one attached hydrogen (secondary N) is 1. The van der Waals surface area contributed by atoms with Gasteiger partial charge in [-0.15, -0.1) is 0 Å². The minimum Gasteiger partial charge on any atom is -0.369 e. The predicted octanol–water partition coefficient (Wildman–Crippen LogP) is 2.98. The van der Waals surface area contributed by atoms with Crippen LogP contribution in [0, 0.1) is 11.3 Å². The first kappa shape index (κ1) is 10.7. The Morgan fingerprint density at radius 3 is 2.73 bits per heavy atom. The summed E-state index contributed by atoms with van der Waals surface area (Å²) >= 11 is 5.78. The first-order valence-electron chi connectivity index (χ1n) is 5.34. The van der Waals surface area contributed by atoms with Gasteiger partial charge in [0.25, 0.3) is 0 Å². The number of hydrogen-bond acceptors (Lipinski definition) is 3. The molecule has 1 aliphatic carbocycles. The zero-order valence-electron chi connectivity index (χ0n) is 9.13. The third-order valence-corrected chi connectivity index (χ3v) is 3.58. The topological polar surface area (TPSA) is 37.8 Å². The summed E-state index contributed by atoms with van der Waals surface area (Å²) in [5, 5.41) is 3.82. The summed E-state index contributed by atoms with van der Waals surface area (Å²) in [6.07, 6.45) is 4.12. The van der Waals surface area contributed by atoms with E-state index in [9.17, 15) is 0 Å².